The molecule has 0 saturated carbocycles. The van der Waals surface area contributed by atoms with Crippen LogP contribution in [0.5, 0.6) is 5.75 Å². The fourth-order valence-electron chi connectivity index (χ4n) is 3.39. The second-order valence-corrected chi connectivity index (χ2v) is 6.83. The number of rotatable bonds is 6. The van der Waals surface area contributed by atoms with Gasteiger partial charge in [0.1, 0.15) is 5.75 Å². The Morgan fingerprint density at radius 3 is 2.46 bits per heavy atom. The molecule has 5 nitrogen and oxygen atoms in total. The fourth-order valence-corrected chi connectivity index (χ4v) is 3.39. The number of aryl methyl sites for hydroxylation is 1. The number of amides is 1. The molecule has 2 aromatic rings. The number of para-hydroxylation sites is 1. The number of carbonyl (C=O) groups excluding carboxylic acids is 1. The van der Waals surface area contributed by atoms with Crippen LogP contribution in [-0.4, -0.2) is 45.7 Å². The normalized spacial score (nSPS) is 14.9. The van der Waals surface area contributed by atoms with Crippen molar-refractivity contribution in [1.29, 1.82) is 0 Å². The molecule has 1 fully saturated rings. The fraction of sp³-hybridized carbons (Fsp3) is 0.381. The van der Waals surface area contributed by atoms with Gasteiger partial charge in [0.2, 0.25) is 0 Å². The van der Waals surface area contributed by atoms with E-state index < -0.39 is 0 Å². The van der Waals surface area contributed by atoms with Crippen molar-refractivity contribution >= 4 is 11.6 Å². The average Bonchev–Trinajstić information content (AvgIpc) is 2.68. The zero-order valence-corrected chi connectivity index (χ0v) is 15.6. The Morgan fingerprint density at radius 1 is 1.12 bits per heavy atom. The molecule has 0 aromatic heterocycles. The molecule has 5 heteroatoms. The summed E-state index contributed by atoms with van der Waals surface area (Å²) in [5.41, 5.74) is 3.71. The molecule has 1 aliphatic rings. The Kier molecular flexibility index (Phi) is 6.12. The van der Waals surface area contributed by atoms with Crippen LogP contribution >= 0.6 is 0 Å². The van der Waals surface area contributed by atoms with Gasteiger partial charge in [-0.25, -0.2) is 0 Å². The monoisotopic (exact) mass is 354 g/mol. The largest absolute Gasteiger partial charge is 0.497 e. The highest BCUT2D eigenvalue weighted by molar-refractivity contribution is 5.76. The Hall–Kier alpha value is -2.53. The van der Waals surface area contributed by atoms with Crippen LogP contribution in [0.2, 0.25) is 0 Å². The highest BCUT2D eigenvalue weighted by Gasteiger charge is 2.22. The maximum atomic E-state index is 12.2. The number of nitrogens with one attached hydrogen (secondary N) is 2. The van der Waals surface area contributed by atoms with E-state index in [1.54, 1.807) is 7.11 Å². The van der Waals surface area contributed by atoms with Gasteiger partial charge in [0.05, 0.1) is 33.3 Å². The Morgan fingerprint density at radius 2 is 1.81 bits per heavy atom. The van der Waals surface area contributed by atoms with Crippen molar-refractivity contribution in [2.24, 2.45) is 0 Å². The number of benzene rings is 2. The third kappa shape index (κ3) is 4.76. The van der Waals surface area contributed by atoms with Crippen molar-refractivity contribution in [2.75, 3.05) is 44.7 Å². The molecule has 3 rings (SSSR count). The number of nitrogens with zero attached hydrogens (tertiary/aromatic N) is 1. The zero-order valence-electron chi connectivity index (χ0n) is 15.6. The predicted octanol–water partition coefficient (Wildman–Crippen LogP) is 1.02. The summed E-state index contributed by atoms with van der Waals surface area (Å²) in [5.74, 6) is 0.941. The molecule has 26 heavy (non-hydrogen) atoms. The molecule has 0 radical (unpaired) electrons. The maximum absolute atomic E-state index is 12.2. The quantitative estimate of drug-likeness (QED) is 0.814. The van der Waals surface area contributed by atoms with E-state index >= 15 is 0 Å². The van der Waals surface area contributed by atoms with Gasteiger partial charge in [-0.3, -0.25) is 4.79 Å². The van der Waals surface area contributed by atoms with E-state index in [0.29, 0.717) is 13.1 Å². The lowest BCUT2D eigenvalue weighted by atomic mass is 10.1. The topological polar surface area (TPSA) is 46.0 Å². The molecule has 1 amide bonds. The SMILES string of the molecule is COc1ccc(CNC(=O)C[NH+]2CCN(c3ccccc3C)CC2)cc1. The van der Waals surface area contributed by atoms with E-state index in [9.17, 15) is 4.79 Å². The third-order valence-electron chi connectivity index (χ3n) is 4.99. The van der Waals surface area contributed by atoms with Crippen molar-refractivity contribution in [3.05, 3.63) is 59.7 Å². The molecule has 2 aromatic carbocycles. The van der Waals surface area contributed by atoms with Crippen LogP contribution in [0.15, 0.2) is 48.5 Å². The van der Waals surface area contributed by atoms with Crippen LogP contribution in [0.3, 0.4) is 0 Å². The first-order chi connectivity index (χ1) is 12.7. The smallest absolute Gasteiger partial charge is 0.275 e. The van der Waals surface area contributed by atoms with E-state index in [2.05, 4.69) is 41.4 Å². The molecule has 0 atom stereocenters. The average molecular weight is 354 g/mol. The standard InChI is InChI=1S/C21H27N3O2/c1-17-5-3-4-6-20(17)24-13-11-23(12-14-24)16-21(25)22-15-18-7-9-19(26-2)10-8-18/h3-10H,11-16H2,1-2H3,(H,22,25)/p+1. The minimum atomic E-state index is 0.111. The van der Waals surface area contributed by atoms with Crippen molar-refractivity contribution in [3.63, 3.8) is 0 Å². The minimum absolute atomic E-state index is 0.111. The summed E-state index contributed by atoms with van der Waals surface area (Å²) >= 11 is 0. The van der Waals surface area contributed by atoms with E-state index in [4.69, 9.17) is 4.74 Å². The first-order valence-corrected chi connectivity index (χ1v) is 9.19. The summed E-state index contributed by atoms with van der Waals surface area (Å²) in [6, 6.07) is 16.3. The summed E-state index contributed by atoms with van der Waals surface area (Å²) in [4.78, 5) is 16.0. The Bertz CT molecular complexity index is 722. The van der Waals surface area contributed by atoms with Crippen LogP contribution < -0.4 is 19.9 Å². The van der Waals surface area contributed by atoms with Crippen LogP contribution in [0.1, 0.15) is 11.1 Å². The molecular formula is C21H28N3O2+. The van der Waals surface area contributed by atoms with Crippen LogP contribution in [-0.2, 0) is 11.3 Å². The molecule has 0 bridgehead atoms. The number of quaternary nitrogens is 1. The number of anilines is 1. The number of ether oxygens (including phenoxy) is 1. The van der Waals surface area contributed by atoms with Gasteiger partial charge >= 0.3 is 0 Å². The predicted molar refractivity (Wildman–Crippen MR) is 104 cm³/mol. The molecule has 1 aliphatic heterocycles. The number of piperazine rings is 1. The van der Waals surface area contributed by atoms with E-state index in [1.165, 1.54) is 16.2 Å². The van der Waals surface area contributed by atoms with Crippen molar-refractivity contribution in [1.82, 2.24) is 5.32 Å². The minimum Gasteiger partial charge on any atom is -0.497 e. The second-order valence-electron chi connectivity index (χ2n) is 6.83. The van der Waals surface area contributed by atoms with Crippen LogP contribution in [0.4, 0.5) is 5.69 Å². The van der Waals surface area contributed by atoms with E-state index in [1.807, 2.05) is 24.3 Å². The molecule has 2 N–H and O–H groups in total. The second kappa shape index (κ2) is 8.72. The summed E-state index contributed by atoms with van der Waals surface area (Å²) in [7, 11) is 1.65. The number of hydrogen-bond donors (Lipinski definition) is 2. The lowest BCUT2D eigenvalue weighted by Gasteiger charge is -2.34. The molecule has 0 aliphatic carbocycles. The van der Waals surface area contributed by atoms with Crippen LogP contribution in [0, 0.1) is 6.92 Å². The Balaban J connectivity index is 1.42. The van der Waals surface area contributed by atoms with E-state index in [0.717, 1.165) is 37.5 Å². The van der Waals surface area contributed by atoms with Crippen molar-refractivity contribution in [3.8, 4) is 5.75 Å². The van der Waals surface area contributed by atoms with Crippen molar-refractivity contribution < 1.29 is 14.4 Å². The summed E-state index contributed by atoms with van der Waals surface area (Å²) in [6.45, 7) is 7.22. The third-order valence-corrected chi connectivity index (χ3v) is 4.99. The van der Waals surface area contributed by atoms with Crippen molar-refractivity contribution in [2.45, 2.75) is 13.5 Å². The molecule has 0 spiro atoms. The zero-order chi connectivity index (χ0) is 18.4. The summed E-state index contributed by atoms with van der Waals surface area (Å²) in [6.07, 6.45) is 0. The van der Waals surface area contributed by atoms with Gasteiger partial charge in [0, 0.05) is 12.2 Å². The maximum Gasteiger partial charge on any atom is 0.275 e. The van der Waals surface area contributed by atoms with Gasteiger partial charge in [-0.05, 0) is 36.2 Å². The summed E-state index contributed by atoms with van der Waals surface area (Å²) < 4.78 is 5.15. The number of methoxy groups -OCH3 is 1. The number of carbonyl (C=O) groups is 1. The first-order valence-electron chi connectivity index (χ1n) is 9.19. The van der Waals surface area contributed by atoms with Gasteiger partial charge in [0.25, 0.3) is 5.91 Å². The molecule has 138 valence electrons. The van der Waals surface area contributed by atoms with Gasteiger partial charge in [0.15, 0.2) is 6.54 Å². The van der Waals surface area contributed by atoms with Gasteiger partial charge in [-0.15, -0.1) is 0 Å². The Labute approximate surface area is 155 Å². The van der Waals surface area contributed by atoms with E-state index in [-0.39, 0.29) is 5.91 Å². The molecular weight excluding hydrogens is 326 g/mol. The van der Waals surface area contributed by atoms with Gasteiger partial charge in [-0.2, -0.15) is 0 Å². The lowest BCUT2D eigenvalue weighted by molar-refractivity contribution is -0.892. The lowest BCUT2D eigenvalue weighted by Crippen LogP contribution is -3.15. The molecule has 1 saturated heterocycles. The van der Waals surface area contributed by atoms with Gasteiger partial charge in [-0.1, -0.05) is 30.3 Å². The summed E-state index contributed by atoms with van der Waals surface area (Å²) in [5, 5.41) is 3.02. The highest BCUT2D eigenvalue weighted by atomic mass is 16.5. The molecule has 0 unspecified atom stereocenters. The van der Waals surface area contributed by atoms with Gasteiger partial charge < -0.3 is 19.9 Å². The number of hydrogen-bond acceptors (Lipinski definition) is 3. The van der Waals surface area contributed by atoms with Crippen LogP contribution in [0.25, 0.3) is 0 Å². The highest BCUT2D eigenvalue weighted by Crippen LogP contribution is 2.18. The first kappa shape index (κ1) is 18.3. The molecule has 1 heterocycles.